The van der Waals surface area contributed by atoms with Crippen LogP contribution in [-0.2, 0) is 23.1 Å². The normalized spacial score (nSPS) is 35.8. The van der Waals surface area contributed by atoms with E-state index in [9.17, 15) is 9.90 Å². The number of amides is 1. The molecule has 2 heterocycles. The van der Waals surface area contributed by atoms with E-state index in [1.54, 1.807) is 7.11 Å². The van der Waals surface area contributed by atoms with Gasteiger partial charge in [-0.2, -0.15) is 0 Å². The van der Waals surface area contributed by atoms with Gasteiger partial charge >= 0.3 is 8.56 Å². The minimum absolute atomic E-state index is 0.173. The van der Waals surface area contributed by atoms with E-state index in [4.69, 9.17) is 18.3 Å². The fourth-order valence-corrected chi connectivity index (χ4v) is 9.16. The van der Waals surface area contributed by atoms with Crippen molar-refractivity contribution in [3.63, 3.8) is 0 Å². The second-order valence-corrected chi connectivity index (χ2v) is 13.8. The van der Waals surface area contributed by atoms with Gasteiger partial charge in [0.1, 0.15) is 24.4 Å². The highest BCUT2D eigenvalue weighted by Gasteiger charge is 2.64. The van der Waals surface area contributed by atoms with Gasteiger partial charge in [-0.1, -0.05) is 41.5 Å². The third-order valence-electron chi connectivity index (χ3n) is 5.04. The van der Waals surface area contributed by atoms with Gasteiger partial charge in [0.2, 0.25) is 5.91 Å². The standard InChI is InChI=1S/C17H33NO6Si/c1-10(19)18-12-14(21-8)13-11(23-15(12)20)9-22-25(24-13,16(2,3)4)17(5,6)7/h11-15,20H,9H2,1-8H3,(H,18,19)/t11-,12-,13-,14-,15?/m1/s1. The van der Waals surface area contributed by atoms with E-state index in [1.165, 1.54) is 6.92 Å². The number of rotatable bonds is 2. The summed E-state index contributed by atoms with van der Waals surface area (Å²) < 4.78 is 24.4. The Kier molecular flexibility index (Phi) is 5.74. The summed E-state index contributed by atoms with van der Waals surface area (Å²) in [6.07, 6.45) is -2.53. The highest BCUT2D eigenvalue weighted by Crippen LogP contribution is 2.55. The van der Waals surface area contributed by atoms with Crippen LogP contribution in [0.15, 0.2) is 0 Å². The predicted molar refractivity (Wildman–Crippen MR) is 95.3 cm³/mol. The Bertz CT molecular complexity index is 486. The maximum atomic E-state index is 11.5. The monoisotopic (exact) mass is 375 g/mol. The number of methoxy groups -OCH3 is 1. The van der Waals surface area contributed by atoms with Gasteiger partial charge in [0.25, 0.3) is 0 Å². The van der Waals surface area contributed by atoms with E-state index in [2.05, 4.69) is 46.9 Å². The van der Waals surface area contributed by atoms with Crippen LogP contribution in [-0.4, -0.2) is 63.9 Å². The minimum Gasteiger partial charge on any atom is -0.391 e. The maximum Gasteiger partial charge on any atom is 0.349 e. The predicted octanol–water partition coefficient (Wildman–Crippen LogP) is 1.68. The zero-order valence-electron chi connectivity index (χ0n) is 16.6. The smallest absolute Gasteiger partial charge is 0.349 e. The van der Waals surface area contributed by atoms with Crippen molar-refractivity contribution in [3.8, 4) is 0 Å². The molecule has 1 amide bonds. The van der Waals surface area contributed by atoms with E-state index < -0.39 is 39.2 Å². The van der Waals surface area contributed by atoms with Crippen LogP contribution in [0.1, 0.15) is 48.5 Å². The number of aliphatic hydroxyl groups excluding tert-OH is 1. The van der Waals surface area contributed by atoms with Gasteiger partial charge in [0.05, 0.1) is 6.61 Å². The number of nitrogens with one attached hydrogen (secondary N) is 1. The van der Waals surface area contributed by atoms with Crippen LogP contribution >= 0.6 is 0 Å². The topological polar surface area (TPSA) is 86.2 Å². The molecule has 2 aliphatic heterocycles. The summed E-state index contributed by atoms with van der Waals surface area (Å²) in [4.78, 5) is 11.5. The molecule has 0 aliphatic carbocycles. The molecule has 25 heavy (non-hydrogen) atoms. The molecule has 5 atom stereocenters. The molecule has 1 unspecified atom stereocenters. The third-order valence-corrected chi connectivity index (χ3v) is 10.2. The first kappa shape index (κ1) is 20.8. The van der Waals surface area contributed by atoms with Crippen LogP contribution in [0.5, 0.6) is 0 Å². The third kappa shape index (κ3) is 3.65. The number of ether oxygens (including phenoxy) is 2. The molecule has 2 rings (SSSR count). The highest BCUT2D eigenvalue weighted by atomic mass is 28.4. The molecule has 146 valence electrons. The van der Waals surface area contributed by atoms with Crippen molar-refractivity contribution in [2.24, 2.45) is 0 Å². The average molecular weight is 376 g/mol. The molecule has 0 aromatic rings. The second-order valence-electron chi connectivity index (χ2n) is 9.00. The Hall–Kier alpha value is -0.513. The summed E-state index contributed by atoms with van der Waals surface area (Å²) in [6.45, 7) is 14.6. The molecule has 8 heteroatoms. The van der Waals surface area contributed by atoms with Crippen LogP contribution in [0.2, 0.25) is 10.1 Å². The van der Waals surface area contributed by atoms with Crippen LogP contribution in [0.4, 0.5) is 0 Å². The molecule has 0 radical (unpaired) electrons. The van der Waals surface area contributed by atoms with Gasteiger partial charge in [-0.05, 0) is 0 Å². The zero-order chi connectivity index (χ0) is 19.2. The first-order chi connectivity index (χ1) is 11.3. The van der Waals surface area contributed by atoms with Crippen LogP contribution in [0.3, 0.4) is 0 Å². The van der Waals surface area contributed by atoms with Crippen molar-refractivity contribution < 1.29 is 28.2 Å². The first-order valence-electron chi connectivity index (χ1n) is 8.79. The maximum absolute atomic E-state index is 11.5. The average Bonchev–Trinajstić information content (AvgIpc) is 2.44. The molecule has 2 saturated heterocycles. The number of hydrogen-bond acceptors (Lipinski definition) is 6. The lowest BCUT2D eigenvalue weighted by Gasteiger charge is -2.57. The molecule has 2 aliphatic rings. The van der Waals surface area contributed by atoms with Gasteiger partial charge in [-0.3, -0.25) is 4.79 Å². The Morgan fingerprint density at radius 2 is 1.76 bits per heavy atom. The van der Waals surface area contributed by atoms with Crippen LogP contribution in [0, 0.1) is 0 Å². The van der Waals surface area contributed by atoms with E-state index in [1.807, 2.05) is 0 Å². The highest BCUT2D eigenvalue weighted by molar-refractivity contribution is 6.73. The SMILES string of the molecule is CO[C@H]1[C@@H]2O[Si](C(C)(C)C)(C(C)(C)C)OC[C@H]2OC(O)[C@@H]1NC(C)=O. The molecule has 0 bridgehead atoms. The molecule has 2 fully saturated rings. The Morgan fingerprint density at radius 3 is 2.20 bits per heavy atom. The summed E-state index contributed by atoms with van der Waals surface area (Å²) in [5.41, 5.74) is 0. The first-order valence-corrected chi connectivity index (χ1v) is 10.6. The summed E-state index contributed by atoms with van der Waals surface area (Å²) in [7, 11) is -1.14. The number of carbonyl (C=O) groups excluding carboxylic acids is 1. The van der Waals surface area contributed by atoms with Gasteiger partial charge in [0, 0.05) is 24.1 Å². The van der Waals surface area contributed by atoms with Gasteiger partial charge in [-0.15, -0.1) is 0 Å². The fraction of sp³-hybridized carbons (Fsp3) is 0.941. The molecular weight excluding hydrogens is 342 g/mol. The van der Waals surface area contributed by atoms with Gasteiger partial charge in [-0.25, -0.2) is 0 Å². The molecule has 0 saturated carbocycles. The number of hydrogen-bond donors (Lipinski definition) is 2. The molecular formula is C17H33NO6Si. The molecule has 0 aromatic carbocycles. The largest absolute Gasteiger partial charge is 0.391 e. The van der Waals surface area contributed by atoms with E-state index in [0.717, 1.165) is 0 Å². The van der Waals surface area contributed by atoms with Crippen LogP contribution < -0.4 is 5.32 Å². The molecule has 0 spiro atoms. The van der Waals surface area contributed by atoms with Crippen molar-refractivity contribution in [1.82, 2.24) is 5.32 Å². The summed E-state index contributed by atoms with van der Waals surface area (Å²) in [5.74, 6) is -0.254. The van der Waals surface area contributed by atoms with Gasteiger partial charge in [0.15, 0.2) is 6.29 Å². The van der Waals surface area contributed by atoms with Crippen molar-refractivity contribution in [3.05, 3.63) is 0 Å². The van der Waals surface area contributed by atoms with E-state index in [0.29, 0.717) is 6.61 Å². The quantitative estimate of drug-likeness (QED) is 0.714. The molecule has 2 N–H and O–H groups in total. The number of carbonyl (C=O) groups is 1. The lowest BCUT2D eigenvalue weighted by molar-refractivity contribution is -0.269. The summed E-state index contributed by atoms with van der Waals surface area (Å²) in [5, 5.41) is 12.7. The second kappa shape index (κ2) is 6.90. The fourth-order valence-electron chi connectivity index (χ4n) is 4.20. The number of aliphatic hydroxyl groups is 1. The Morgan fingerprint density at radius 1 is 1.20 bits per heavy atom. The number of fused-ring (bicyclic) bond motifs is 1. The minimum atomic E-state index is -2.70. The molecule has 7 nitrogen and oxygen atoms in total. The Balaban J connectivity index is 2.39. The van der Waals surface area contributed by atoms with Crippen molar-refractivity contribution >= 4 is 14.5 Å². The van der Waals surface area contributed by atoms with Crippen LogP contribution in [0.25, 0.3) is 0 Å². The zero-order valence-corrected chi connectivity index (χ0v) is 17.6. The van der Waals surface area contributed by atoms with Crippen molar-refractivity contribution in [1.29, 1.82) is 0 Å². The lowest BCUT2D eigenvalue weighted by Crippen LogP contribution is -2.73. The molecule has 0 aromatic heterocycles. The Labute approximate surface area is 151 Å². The van der Waals surface area contributed by atoms with Gasteiger partial charge < -0.3 is 28.7 Å². The van der Waals surface area contributed by atoms with Crippen molar-refractivity contribution in [2.75, 3.05) is 13.7 Å². The summed E-state index contributed by atoms with van der Waals surface area (Å²) in [6, 6.07) is -0.687. The van der Waals surface area contributed by atoms with Crippen molar-refractivity contribution in [2.45, 2.75) is 89.2 Å². The van der Waals surface area contributed by atoms with E-state index >= 15 is 0 Å². The van der Waals surface area contributed by atoms with E-state index in [-0.39, 0.29) is 16.0 Å². The summed E-state index contributed by atoms with van der Waals surface area (Å²) >= 11 is 0. The lowest BCUT2D eigenvalue weighted by atomic mass is 9.97.